The Hall–Kier alpha value is -2.45. The fourth-order valence-corrected chi connectivity index (χ4v) is 4.75. The molecule has 1 aliphatic rings. The minimum absolute atomic E-state index is 0.144. The number of ether oxygens (including phenoxy) is 1. The van der Waals surface area contributed by atoms with Gasteiger partial charge in [-0.25, -0.2) is 9.18 Å². The Morgan fingerprint density at radius 3 is 2.59 bits per heavy atom. The normalized spacial score (nSPS) is 17.9. The van der Waals surface area contributed by atoms with Crippen LogP contribution in [0.1, 0.15) is 16.7 Å². The summed E-state index contributed by atoms with van der Waals surface area (Å²) in [5, 5.41) is 11.5. The molecule has 0 bridgehead atoms. The lowest BCUT2D eigenvalue weighted by Crippen LogP contribution is -2.42. The minimum Gasteiger partial charge on any atom is -0.445 e. The molecule has 0 aromatic heterocycles. The quantitative estimate of drug-likeness (QED) is 0.417. The van der Waals surface area contributed by atoms with Crippen LogP contribution in [-0.4, -0.2) is 46.2 Å². The third-order valence-electron chi connectivity index (χ3n) is 5.85. The van der Waals surface area contributed by atoms with Crippen LogP contribution in [0.2, 0.25) is 5.02 Å². The molecule has 178 valence electrons. The monoisotopic (exact) mass is 546 g/mol. The molecule has 2 atom stereocenters. The number of hydrogen-bond acceptors (Lipinski definition) is 4. The summed E-state index contributed by atoms with van der Waals surface area (Å²) in [6, 6.07) is 21.2. The highest BCUT2D eigenvalue weighted by atomic mass is 79.9. The number of likely N-dealkylation sites (tertiary alicyclic amines) is 1. The van der Waals surface area contributed by atoms with E-state index >= 15 is 0 Å². The molecule has 8 heteroatoms. The number of hydrogen-bond donors (Lipinski definition) is 1. The predicted octanol–water partition coefficient (Wildman–Crippen LogP) is 5.63. The number of carbonyl (C=O) groups is 1. The smallest absolute Gasteiger partial charge is 0.410 e. The highest BCUT2D eigenvalue weighted by Crippen LogP contribution is 2.25. The van der Waals surface area contributed by atoms with Gasteiger partial charge in [0.25, 0.3) is 0 Å². The molecule has 3 aromatic carbocycles. The molecule has 4 rings (SSSR count). The van der Waals surface area contributed by atoms with Crippen molar-refractivity contribution < 1.29 is 19.0 Å². The molecule has 0 saturated carbocycles. The van der Waals surface area contributed by atoms with E-state index in [4.69, 9.17) is 16.3 Å². The van der Waals surface area contributed by atoms with Gasteiger partial charge in [0.05, 0.1) is 18.7 Å². The van der Waals surface area contributed by atoms with Crippen LogP contribution in [-0.2, 0) is 24.4 Å². The Bertz CT molecular complexity index is 1130. The number of benzene rings is 3. The second-order valence-corrected chi connectivity index (χ2v) is 9.70. The molecule has 1 saturated heterocycles. The van der Waals surface area contributed by atoms with Gasteiger partial charge in [-0.15, -0.1) is 0 Å². The lowest BCUT2D eigenvalue weighted by molar-refractivity contribution is 0.0721. The highest BCUT2D eigenvalue weighted by molar-refractivity contribution is 9.10. The van der Waals surface area contributed by atoms with E-state index in [0.29, 0.717) is 17.1 Å². The maximum absolute atomic E-state index is 14.6. The van der Waals surface area contributed by atoms with Crippen LogP contribution in [0.3, 0.4) is 0 Å². The van der Waals surface area contributed by atoms with Gasteiger partial charge in [-0.2, -0.15) is 0 Å². The number of amides is 1. The van der Waals surface area contributed by atoms with Gasteiger partial charge in [-0.05, 0) is 41.5 Å². The fourth-order valence-electron chi connectivity index (χ4n) is 4.13. The first kappa shape index (κ1) is 24.7. The molecule has 0 radical (unpaired) electrons. The Labute approximate surface area is 211 Å². The van der Waals surface area contributed by atoms with Gasteiger partial charge in [0.15, 0.2) is 0 Å². The second kappa shape index (κ2) is 11.3. The number of aliphatic hydroxyl groups excluding tert-OH is 1. The number of carbonyl (C=O) groups excluding carboxylic acids is 1. The van der Waals surface area contributed by atoms with Gasteiger partial charge >= 0.3 is 6.09 Å². The van der Waals surface area contributed by atoms with E-state index < -0.39 is 18.2 Å². The molecule has 1 heterocycles. The molecule has 0 spiro atoms. The van der Waals surface area contributed by atoms with Crippen molar-refractivity contribution in [2.45, 2.75) is 31.8 Å². The van der Waals surface area contributed by atoms with Crippen molar-refractivity contribution in [1.82, 2.24) is 9.80 Å². The van der Waals surface area contributed by atoms with Crippen molar-refractivity contribution in [2.24, 2.45) is 0 Å². The zero-order valence-corrected chi connectivity index (χ0v) is 20.8. The summed E-state index contributed by atoms with van der Waals surface area (Å²) < 4.78 is 20.8. The summed E-state index contributed by atoms with van der Waals surface area (Å²) in [6.45, 7) is 1.26. The van der Waals surface area contributed by atoms with Crippen molar-refractivity contribution in [2.75, 3.05) is 13.1 Å². The third kappa shape index (κ3) is 6.36. The van der Waals surface area contributed by atoms with Crippen molar-refractivity contribution >= 4 is 33.6 Å². The van der Waals surface area contributed by atoms with E-state index in [-0.39, 0.29) is 32.1 Å². The van der Waals surface area contributed by atoms with Gasteiger partial charge in [0.1, 0.15) is 12.4 Å². The molecule has 1 fully saturated rings. The van der Waals surface area contributed by atoms with E-state index in [9.17, 15) is 14.3 Å². The number of rotatable bonds is 7. The van der Waals surface area contributed by atoms with E-state index in [0.717, 1.165) is 15.6 Å². The van der Waals surface area contributed by atoms with Crippen molar-refractivity contribution in [3.63, 3.8) is 0 Å². The topological polar surface area (TPSA) is 53.0 Å². The van der Waals surface area contributed by atoms with Crippen molar-refractivity contribution in [1.29, 1.82) is 0 Å². The van der Waals surface area contributed by atoms with E-state index in [1.807, 2.05) is 53.4 Å². The lowest BCUT2D eigenvalue weighted by Gasteiger charge is -2.31. The first-order valence-corrected chi connectivity index (χ1v) is 12.1. The van der Waals surface area contributed by atoms with Crippen LogP contribution < -0.4 is 0 Å². The maximum Gasteiger partial charge on any atom is 0.410 e. The van der Waals surface area contributed by atoms with Crippen molar-refractivity contribution in [3.05, 3.63) is 105 Å². The Morgan fingerprint density at radius 2 is 1.82 bits per heavy atom. The Morgan fingerprint density at radius 1 is 1.06 bits per heavy atom. The molecule has 5 nitrogen and oxygen atoms in total. The molecule has 1 amide bonds. The lowest BCUT2D eigenvalue weighted by atomic mass is 10.1. The average molecular weight is 548 g/mol. The molecule has 1 aliphatic heterocycles. The van der Waals surface area contributed by atoms with Crippen LogP contribution in [0.15, 0.2) is 77.3 Å². The third-order valence-corrected chi connectivity index (χ3v) is 6.58. The summed E-state index contributed by atoms with van der Waals surface area (Å²) in [7, 11) is 0. The molecule has 0 unspecified atom stereocenters. The van der Waals surface area contributed by atoms with Gasteiger partial charge in [0.2, 0.25) is 0 Å². The second-order valence-electron chi connectivity index (χ2n) is 8.35. The Balaban J connectivity index is 1.50. The molecular formula is C26H25BrClFN2O3. The standard InChI is InChI=1S/C26H25BrClFN2O3/c27-21-9-10-23(29)20(12-21)14-30(13-19-7-4-8-22(28)11-19)24-15-31(16-25(24)32)26(33)34-17-18-5-2-1-3-6-18/h1-12,24-25,32H,13-17H2/t24-,25-/m1/s1. The van der Waals surface area contributed by atoms with E-state index in [1.165, 1.54) is 11.0 Å². The molecule has 3 aromatic rings. The highest BCUT2D eigenvalue weighted by Gasteiger charge is 2.38. The molecule has 0 aliphatic carbocycles. The van der Waals surface area contributed by atoms with E-state index in [1.54, 1.807) is 18.2 Å². The number of aliphatic hydroxyl groups is 1. The zero-order valence-electron chi connectivity index (χ0n) is 18.4. The van der Waals surface area contributed by atoms with Crippen LogP contribution in [0.4, 0.5) is 9.18 Å². The summed E-state index contributed by atoms with van der Waals surface area (Å²) in [5.74, 6) is -0.328. The van der Waals surface area contributed by atoms with Crippen LogP contribution in [0, 0.1) is 5.82 Å². The number of halogens is 3. The van der Waals surface area contributed by atoms with Gasteiger partial charge in [0, 0.05) is 34.7 Å². The largest absolute Gasteiger partial charge is 0.445 e. The van der Waals surface area contributed by atoms with Gasteiger partial charge in [-0.3, -0.25) is 4.90 Å². The average Bonchev–Trinajstić information content (AvgIpc) is 3.22. The summed E-state index contributed by atoms with van der Waals surface area (Å²) in [5.41, 5.74) is 2.31. The predicted molar refractivity (Wildman–Crippen MR) is 133 cm³/mol. The van der Waals surface area contributed by atoms with E-state index in [2.05, 4.69) is 15.9 Å². The van der Waals surface area contributed by atoms with Crippen molar-refractivity contribution in [3.8, 4) is 0 Å². The number of β-amino-alcohol motifs (C(OH)–C–C–N with tert-alkyl or cyclic N) is 1. The Kier molecular flexibility index (Phi) is 8.21. The van der Waals surface area contributed by atoms with Gasteiger partial charge in [-0.1, -0.05) is 70.0 Å². The number of nitrogens with zero attached hydrogens (tertiary/aromatic N) is 2. The molecule has 34 heavy (non-hydrogen) atoms. The molecule has 1 N–H and O–H groups in total. The first-order chi connectivity index (χ1) is 16.4. The molecular weight excluding hydrogens is 523 g/mol. The minimum atomic E-state index is -0.807. The summed E-state index contributed by atoms with van der Waals surface area (Å²) in [6.07, 6.45) is -1.29. The fraction of sp³-hybridized carbons (Fsp3) is 0.269. The summed E-state index contributed by atoms with van der Waals surface area (Å²) in [4.78, 5) is 16.2. The zero-order chi connectivity index (χ0) is 24.1. The van der Waals surface area contributed by atoms with Crippen LogP contribution >= 0.6 is 27.5 Å². The van der Waals surface area contributed by atoms with Crippen LogP contribution in [0.25, 0.3) is 0 Å². The first-order valence-electron chi connectivity index (χ1n) is 10.9. The maximum atomic E-state index is 14.6. The summed E-state index contributed by atoms with van der Waals surface area (Å²) >= 11 is 9.57. The van der Waals surface area contributed by atoms with Gasteiger partial charge < -0.3 is 14.7 Å². The SMILES string of the molecule is O=C(OCc1ccccc1)N1C[C@@H](O)[C@H](N(Cc2cccc(Cl)c2)Cc2cc(Br)ccc2F)C1. The van der Waals surface area contributed by atoms with Crippen LogP contribution in [0.5, 0.6) is 0 Å².